The van der Waals surface area contributed by atoms with Gasteiger partial charge in [0.2, 0.25) is 0 Å². The van der Waals surface area contributed by atoms with Crippen LogP contribution in [-0.4, -0.2) is 23.9 Å². The van der Waals surface area contributed by atoms with E-state index in [9.17, 15) is 13.2 Å². The maximum Gasteiger partial charge on any atom is 0.417 e. The van der Waals surface area contributed by atoms with E-state index < -0.39 is 11.7 Å². The van der Waals surface area contributed by atoms with Crippen molar-refractivity contribution < 1.29 is 22.6 Å². The highest BCUT2D eigenvalue weighted by atomic mass is 19.4. The molecule has 1 aromatic heterocycles. The summed E-state index contributed by atoms with van der Waals surface area (Å²) in [7, 11) is 0. The van der Waals surface area contributed by atoms with E-state index in [1.54, 1.807) is 0 Å². The minimum Gasteiger partial charge on any atom is -0.493 e. The van der Waals surface area contributed by atoms with Crippen LogP contribution in [0.2, 0.25) is 0 Å². The minimum absolute atomic E-state index is 0.112. The van der Waals surface area contributed by atoms with Crippen molar-refractivity contribution in [2.45, 2.75) is 32.5 Å². The zero-order chi connectivity index (χ0) is 18.7. The summed E-state index contributed by atoms with van der Waals surface area (Å²) in [5.74, 6) is 1.67. The molecule has 26 heavy (non-hydrogen) atoms. The Hall–Kier alpha value is -2.77. The standard InChI is InChI=1S/C18H18F3N3O2/c1-3-25-15-7-12-6-11(2)26-16(12)8-13(15)9-23-24-17-5-4-14(10-22-17)18(19,20)21/h4-5,7-11H,3,6H2,1-2H3,(H,22,24)/b23-9-/t11-/m1/s1. The monoisotopic (exact) mass is 365 g/mol. The summed E-state index contributed by atoms with van der Waals surface area (Å²) in [6.07, 6.45) is -1.20. The Morgan fingerprint density at radius 2 is 2.19 bits per heavy atom. The van der Waals surface area contributed by atoms with Gasteiger partial charge in [0.25, 0.3) is 0 Å². The van der Waals surface area contributed by atoms with E-state index in [1.807, 2.05) is 26.0 Å². The molecule has 0 fully saturated rings. The zero-order valence-corrected chi connectivity index (χ0v) is 14.3. The molecule has 0 radical (unpaired) electrons. The van der Waals surface area contributed by atoms with Crippen molar-refractivity contribution in [3.05, 3.63) is 47.2 Å². The summed E-state index contributed by atoms with van der Waals surface area (Å²) in [4.78, 5) is 3.70. The topological polar surface area (TPSA) is 55.7 Å². The van der Waals surface area contributed by atoms with Crippen molar-refractivity contribution in [3.8, 4) is 11.5 Å². The lowest BCUT2D eigenvalue weighted by Gasteiger charge is -2.10. The lowest BCUT2D eigenvalue weighted by atomic mass is 10.1. The summed E-state index contributed by atoms with van der Waals surface area (Å²) < 4.78 is 49.0. The van der Waals surface area contributed by atoms with Gasteiger partial charge in [0.05, 0.1) is 18.4 Å². The van der Waals surface area contributed by atoms with Gasteiger partial charge in [0, 0.05) is 23.7 Å². The highest BCUT2D eigenvalue weighted by Gasteiger charge is 2.30. The van der Waals surface area contributed by atoms with E-state index in [4.69, 9.17) is 9.47 Å². The number of halogens is 3. The molecule has 1 N–H and O–H groups in total. The largest absolute Gasteiger partial charge is 0.493 e. The van der Waals surface area contributed by atoms with Gasteiger partial charge in [-0.25, -0.2) is 4.98 Å². The summed E-state index contributed by atoms with van der Waals surface area (Å²) in [6, 6.07) is 5.94. The second-order valence-corrected chi connectivity index (χ2v) is 5.86. The lowest BCUT2D eigenvalue weighted by Crippen LogP contribution is -2.05. The molecule has 2 heterocycles. The third-order valence-corrected chi connectivity index (χ3v) is 3.80. The Balaban J connectivity index is 1.75. The highest BCUT2D eigenvalue weighted by Crippen LogP contribution is 2.34. The predicted molar refractivity (Wildman–Crippen MR) is 91.9 cm³/mol. The molecule has 0 saturated heterocycles. The number of anilines is 1. The highest BCUT2D eigenvalue weighted by molar-refractivity contribution is 5.85. The van der Waals surface area contributed by atoms with Crippen molar-refractivity contribution in [2.75, 3.05) is 12.0 Å². The molecule has 1 aliphatic heterocycles. The molecule has 0 unspecified atom stereocenters. The molecule has 1 atom stereocenters. The van der Waals surface area contributed by atoms with Crippen LogP contribution in [0.4, 0.5) is 19.0 Å². The SMILES string of the molecule is CCOc1cc2c(cc1/C=N\Nc1ccc(C(F)(F)F)cn1)O[C@H](C)C2. The number of nitrogens with zero attached hydrogens (tertiary/aromatic N) is 2. The normalized spacial score (nSPS) is 16.4. The van der Waals surface area contributed by atoms with Crippen LogP contribution in [0.1, 0.15) is 30.5 Å². The first-order chi connectivity index (χ1) is 12.4. The molecule has 138 valence electrons. The molecule has 0 amide bonds. The van der Waals surface area contributed by atoms with Gasteiger partial charge in [-0.2, -0.15) is 18.3 Å². The molecule has 0 aliphatic carbocycles. The smallest absolute Gasteiger partial charge is 0.417 e. The molecule has 1 aromatic carbocycles. The quantitative estimate of drug-likeness (QED) is 0.635. The van der Waals surface area contributed by atoms with E-state index in [1.165, 1.54) is 12.3 Å². The van der Waals surface area contributed by atoms with Crippen LogP contribution in [0.5, 0.6) is 11.5 Å². The Morgan fingerprint density at radius 3 is 2.85 bits per heavy atom. The Kier molecular flexibility index (Phi) is 5.01. The maximum atomic E-state index is 12.5. The molecular formula is C18H18F3N3O2. The van der Waals surface area contributed by atoms with Gasteiger partial charge in [-0.15, -0.1) is 0 Å². The first kappa shape index (κ1) is 18.0. The van der Waals surface area contributed by atoms with Crippen molar-refractivity contribution in [3.63, 3.8) is 0 Å². The van der Waals surface area contributed by atoms with Gasteiger partial charge >= 0.3 is 6.18 Å². The number of hydrogen-bond acceptors (Lipinski definition) is 5. The van der Waals surface area contributed by atoms with E-state index in [0.29, 0.717) is 17.9 Å². The Bertz CT molecular complexity index is 805. The van der Waals surface area contributed by atoms with Gasteiger partial charge in [-0.1, -0.05) is 0 Å². The molecule has 2 aromatic rings. The fraction of sp³-hybridized carbons (Fsp3) is 0.333. The van der Waals surface area contributed by atoms with Crippen molar-refractivity contribution in [2.24, 2.45) is 5.10 Å². The molecule has 1 aliphatic rings. The maximum absolute atomic E-state index is 12.5. The molecular weight excluding hydrogens is 347 g/mol. The number of ether oxygens (including phenoxy) is 2. The number of hydrazone groups is 1. The molecule has 5 nitrogen and oxygen atoms in total. The average molecular weight is 365 g/mol. The number of rotatable bonds is 5. The van der Waals surface area contributed by atoms with Gasteiger partial charge in [-0.3, -0.25) is 5.43 Å². The first-order valence-corrected chi connectivity index (χ1v) is 8.15. The molecule has 0 saturated carbocycles. The van der Waals surface area contributed by atoms with Crippen LogP contribution < -0.4 is 14.9 Å². The lowest BCUT2D eigenvalue weighted by molar-refractivity contribution is -0.137. The van der Waals surface area contributed by atoms with E-state index in [2.05, 4.69) is 15.5 Å². The van der Waals surface area contributed by atoms with Crippen molar-refractivity contribution in [1.29, 1.82) is 0 Å². The second kappa shape index (κ2) is 7.23. The van der Waals surface area contributed by atoms with Gasteiger partial charge in [-0.05, 0) is 38.1 Å². The molecule has 3 rings (SSSR count). The number of benzene rings is 1. The summed E-state index contributed by atoms with van der Waals surface area (Å²) >= 11 is 0. The number of hydrogen-bond donors (Lipinski definition) is 1. The summed E-state index contributed by atoms with van der Waals surface area (Å²) in [5, 5.41) is 4.04. The van der Waals surface area contributed by atoms with Crippen LogP contribution >= 0.6 is 0 Å². The number of fused-ring (bicyclic) bond motifs is 1. The zero-order valence-electron chi connectivity index (χ0n) is 14.3. The average Bonchev–Trinajstić information content (AvgIpc) is 2.94. The second-order valence-electron chi connectivity index (χ2n) is 5.86. The fourth-order valence-electron chi connectivity index (χ4n) is 2.63. The van der Waals surface area contributed by atoms with Crippen molar-refractivity contribution in [1.82, 2.24) is 4.98 Å². The summed E-state index contributed by atoms with van der Waals surface area (Å²) in [5.41, 5.74) is 3.59. The minimum atomic E-state index is -4.41. The van der Waals surface area contributed by atoms with Crippen LogP contribution in [-0.2, 0) is 12.6 Å². The molecule has 0 spiro atoms. The van der Waals surface area contributed by atoms with Crippen molar-refractivity contribution >= 4 is 12.0 Å². The van der Waals surface area contributed by atoms with Crippen LogP contribution in [0.15, 0.2) is 35.6 Å². The molecule has 8 heteroatoms. The third-order valence-electron chi connectivity index (χ3n) is 3.80. The van der Waals surface area contributed by atoms with Crippen LogP contribution in [0.25, 0.3) is 0 Å². The number of nitrogens with one attached hydrogen (secondary N) is 1. The number of pyridine rings is 1. The Morgan fingerprint density at radius 1 is 1.38 bits per heavy atom. The van der Waals surface area contributed by atoms with Crippen LogP contribution in [0.3, 0.4) is 0 Å². The van der Waals surface area contributed by atoms with Gasteiger partial charge in [0.1, 0.15) is 23.4 Å². The van der Waals surface area contributed by atoms with Gasteiger partial charge in [0.15, 0.2) is 0 Å². The fourth-order valence-corrected chi connectivity index (χ4v) is 2.63. The third kappa shape index (κ3) is 4.07. The predicted octanol–water partition coefficient (Wildman–Crippen LogP) is 4.27. The summed E-state index contributed by atoms with van der Waals surface area (Å²) in [6.45, 7) is 4.38. The van der Waals surface area contributed by atoms with E-state index in [0.717, 1.165) is 30.0 Å². The molecule has 0 bridgehead atoms. The van der Waals surface area contributed by atoms with E-state index in [-0.39, 0.29) is 11.9 Å². The number of aromatic nitrogens is 1. The number of alkyl halides is 3. The first-order valence-electron chi connectivity index (χ1n) is 8.15. The van der Waals surface area contributed by atoms with Crippen LogP contribution in [0, 0.1) is 0 Å². The van der Waals surface area contributed by atoms with E-state index >= 15 is 0 Å². The Labute approximate surface area is 148 Å². The van der Waals surface area contributed by atoms with Gasteiger partial charge < -0.3 is 9.47 Å².